The van der Waals surface area contributed by atoms with Crippen molar-refractivity contribution >= 4 is 17.6 Å². The number of carbonyl (C=O) groups excluding carboxylic acids is 3. The van der Waals surface area contributed by atoms with Gasteiger partial charge in [-0.1, -0.05) is 13.8 Å². The van der Waals surface area contributed by atoms with Gasteiger partial charge in [0.1, 0.15) is 11.8 Å². The molecule has 0 saturated carbocycles. The lowest BCUT2D eigenvalue weighted by atomic mass is 10.1. The number of ketones is 1. The summed E-state index contributed by atoms with van der Waals surface area (Å²) in [5.41, 5.74) is 5.06. The summed E-state index contributed by atoms with van der Waals surface area (Å²) in [6.45, 7) is 5.23. The fourth-order valence-electron chi connectivity index (χ4n) is 1.05. The van der Waals surface area contributed by atoms with Crippen molar-refractivity contribution in [1.82, 2.24) is 10.6 Å². The van der Waals surface area contributed by atoms with Crippen LogP contribution in [-0.2, 0) is 14.4 Å². The maximum Gasteiger partial charge on any atom is 0.240 e. The number of carbonyl (C=O) groups is 3. The van der Waals surface area contributed by atoms with Crippen molar-refractivity contribution < 1.29 is 14.4 Å². The predicted molar refractivity (Wildman–Crippen MR) is 59.6 cm³/mol. The van der Waals surface area contributed by atoms with E-state index >= 15 is 0 Å². The summed E-state index contributed by atoms with van der Waals surface area (Å²) < 4.78 is 0. The Hall–Kier alpha value is -1.43. The van der Waals surface area contributed by atoms with Crippen LogP contribution in [0, 0.1) is 0 Å². The Labute approximate surface area is 94.9 Å². The van der Waals surface area contributed by atoms with E-state index in [-0.39, 0.29) is 30.7 Å². The summed E-state index contributed by atoms with van der Waals surface area (Å²) in [6.07, 6.45) is -0.0667. The lowest BCUT2D eigenvalue weighted by Gasteiger charge is -2.15. The monoisotopic (exact) mass is 229 g/mol. The summed E-state index contributed by atoms with van der Waals surface area (Å²) in [6, 6.07) is -0.746. The van der Waals surface area contributed by atoms with Crippen LogP contribution in [0.5, 0.6) is 0 Å². The second-order valence-corrected chi connectivity index (χ2v) is 3.96. The second kappa shape index (κ2) is 6.95. The molecular weight excluding hydrogens is 210 g/mol. The van der Waals surface area contributed by atoms with E-state index in [1.165, 1.54) is 6.92 Å². The van der Waals surface area contributed by atoms with Gasteiger partial charge in [0, 0.05) is 12.5 Å². The van der Waals surface area contributed by atoms with Gasteiger partial charge in [0.15, 0.2) is 0 Å². The molecule has 16 heavy (non-hydrogen) atoms. The number of nitrogens with one attached hydrogen (secondary N) is 2. The zero-order valence-electron chi connectivity index (χ0n) is 9.87. The summed E-state index contributed by atoms with van der Waals surface area (Å²) in [4.78, 5) is 33.1. The van der Waals surface area contributed by atoms with Crippen LogP contribution in [0.25, 0.3) is 0 Å². The molecular formula is C10H19N3O3. The van der Waals surface area contributed by atoms with Crippen molar-refractivity contribution in [2.24, 2.45) is 5.73 Å². The van der Waals surface area contributed by atoms with Gasteiger partial charge >= 0.3 is 0 Å². The van der Waals surface area contributed by atoms with Crippen LogP contribution < -0.4 is 16.4 Å². The molecule has 92 valence electrons. The van der Waals surface area contributed by atoms with Crippen molar-refractivity contribution in [3.63, 3.8) is 0 Å². The molecule has 6 heteroatoms. The smallest absolute Gasteiger partial charge is 0.240 e. The molecule has 6 nitrogen and oxygen atoms in total. The first kappa shape index (κ1) is 14.6. The van der Waals surface area contributed by atoms with Crippen molar-refractivity contribution in [2.75, 3.05) is 6.54 Å². The van der Waals surface area contributed by atoms with Gasteiger partial charge in [0.05, 0.1) is 6.54 Å². The Morgan fingerprint density at radius 2 is 1.81 bits per heavy atom. The normalized spacial score (nSPS) is 12.2. The van der Waals surface area contributed by atoms with E-state index in [1.807, 2.05) is 13.8 Å². The maximum absolute atomic E-state index is 11.4. The standard InChI is InChI=1S/C10H19N3O3/c1-6(2)12-5-9(15)13-8(10(11)16)4-7(3)14/h6,8,12H,4-5H2,1-3H3,(H2,11,16)(H,13,15). The molecule has 0 rings (SSSR count). The van der Waals surface area contributed by atoms with Crippen LogP contribution >= 0.6 is 0 Å². The quantitative estimate of drug-likeness (QED) is 0.517. The molecule has 0 aromatic rings. The van der Waals surface area contributed by atoms with Crippen molar-refractivity contribution in [1.29, 1.82) is 0 Å². The Kier molecular flexibility index (Phi) is 6.32. The first-order valence-corrected chi connectivity index (χ1v) is 5.14. The number of nitrogens with two attached hydrogens (primary N) is 1. The first-order chi connectivity index (χ1) is 7.32. The number of amides is 2. The van der Waals surface area contributed by atoms with E-state index < -0.39 is 11.9 Å². The van der Waals surface area contributed by atoms with Crippen molar-refractivity contribution in [3.05, 3.63) is 0 Å². The molecule has 0 fully saturated rings. The molecule has 0 aromatic carbocycles. The van der Waals surface area contributed by atoms with Gasteiger partial charge in [0.25, 0.3) is 0 Å². The van der Waals surface area contributed by atoms with Crippen LogP contribution in [0.2, 0.25) is 0 Å². The van der Waals surface area contributed by atoms with Crippen LogP contribution in [-0.4, -0.2) is 36.2 Å². The molecule has 2 amide bonds. The molecule has 4 N–H and O–H groups in total. The fraction of sp³-hybridized carbons (Fsp3) is 0.700. The van der Waals surface area contributed by atoms with Gasteiger partial charge in [-0.15, -0.1) is 0 Å². The average Bonchev–Trinajstić information content (AvgIpc) is 2.12. The zero-order chi connectivity index (χ0) is 12.7. The zero-order valence-corrected chi connectivity index (χ0v) is 9.87. The largest absolute Gasteiger partial charge is 0.368 e. The highest BCUT2D eigenvalue weighted by Crippen LogP contribution is 1.92. The third-order valence-electron chi connectivity index (χ3n) is 1.84. The highest BCUT2D eigenvalue weighted by Gasteiger charge is 2.19. The molecule has 0 heterocycles. The SMILES string of the molecule is CC(=O)CC(NC(=O)CNC(C)C)C(N)=O. The molecule has 1 unspecified atom stereocenters. The second-order valence-electron chi connectivity index (χ2n) is 3.96. The van der Waals surface area contributed by atoms with E-state index in [1.54, 1.807) is 0 Å². The minimum absolute atomic E-state index is 0.0667. The summed E-state index contributed by atoms with van der Waals surface area (Å²) in [7, 11) is 0. The highest BCUT2D eigenvalue weighted by molar-refractivity contribution is 5.91. The summed E-state index contributed by atoms with van der Waals surface area (Å²) >= 11 is 0. The predicted octanol–water partition coefficient (Wildman–Crippen LogP) is -1.07. The molecule has 0 aliphatic rings. The number of primary amides is 1. The van der Waals surface area contributed by atoms with Gasteiger partial charge in [-0.25, -0.2) is 0 Å². The Morgan fingerprint density at radius 1 is 1.25 bits per heavy atom. The lowest BCUT2D eigenvalue weighted by molar-refractivity contribution is -0.129. The third kappa shape index (κ3) is 6.94. The van der Waals surface area contributed by atoms with Crippen LogP contribution in [0.3, 0.4) is 0 Å². The highest BCUT2D eigenvalue weighted by atomic mass is 16.2. The topological polar surface area (TPSA) is 101 Å². The first-order valence-electron chi connectivity index (χ1n) is 5.14. The van der Waals surface area contributed by atoms with Crippen molar-refractivity contribution in [3.8, 4) is 0 Å². The van der Waals surface area contributed by atoms with Gasteiger partial charge in [-0.05, 0) is 6.92 Å². The molecule has 0 aliphatic heterocycles. The van der Waals surface area contributed by atoms with E-state index in [0.717, 1.165) is 0 Å². The van der Waals surface area contributed by atoms with Gasteiger partial charge < -0.3 is 16.4 Å². The van der Waals surface area contributed by atoms with Gasteiger partial charge in [-0.2, -0.15) is 0 Å². The number of hydrogen-bond acceptors (Lipinski definition) is 4. The van der Waals surface area contributed by atoms with E-state index in [2.05, 4.69) is 10.6 Å². The van der Waals surface area contributed by atoms with Crippen LogP contribution in [0.15, 0.2) is 0 Å². The number of rotatable bonds is 7. The Balaban J connectivity index is 4.13. The third-order valence-corrected chi connectivity index (χ3v) is 1.84. The summed E-state index contributed by atoms with van der Waals surface area (Å²) in [5, 5.41) is 5.30. The fourth-order valence-corrected chi connectivity index (χ4v) is 1.05. The Morgan fingerprint density at radius 3 is 2.19 bits per heavy atom. The lowest BCUT2D eigenvalue weighted by Crippen LogP contribution is -2.48. The molecule has 0 saturated heterocycles. The summed E-state index contributed by atoms with van der Waals surface area (Å²) in [5.74, 6) is -1.24. The molecule has 0 radical (unpaired) electrons. The minimum Gasteiger partial charge on any atom is -0.368 e. The minimum atomic E-state index is -0.918. The number of Topliss-reactive ketones (excluding diaryl/α,β-unsaturated/α-hetero) is 1. The Bertz CT molecular complexity index is 276. The molecule has 1 atom stereocenters. The molecule has 0 aromatic heterocycles. The van der Waals surface area contributed by atoms with E-state index in [4.69, 9.17) is 5.73 Å². The molecule has 0 aliphatic carbocycles. The number of hydrogen-bond donors (Lipinski definition) is 3. The average molecular weight is 229 g/mol. The van der Waals surface area contributed by atoms with Crippen molar-refractivity contribution in [2.45, 2.75) is 39.3 Å². The van der Waals surface area contributed by atoms with Crippen LogP contribution in [0.1, 0.15) is 27.2 Å². The van der Waals surface area contributed by atoms with Gasteiger partial charge in [-0.3, -0.25) is 14.4 Å². The van der Waals surface area contributed by atoms with E-state index in [0.29, 0.717) is 0 Å². The molecule has 0 bridgehead atoms. The molecule has 0 spiro atoms. The van der Waals surface area contributed by atoms with Crippen LogP contribution in [0.4, 0.5) is 0 Å². The van der Waals surface area contributed by atoms with E-state index in [9.17, 15) is 14.4 Å². The van der Waals surface area contributed by atoms with Gasteiger partial charge in [0.2, 0.25) is 11.8 Å². The maximum atomic E-state index is 11.4.